The van der Waals surface area contributed by atoms with Crippen LogP contribution in [0.5, 0.6) is 0 Å². The van der Waals surface area contributed by atoms with Crippen molar-refractivity contribution in [2.75, 3.05) is 42.7 Å². The molecule has 0 unspecified atom stereocenters. The van der Waals surface area contributed by atoms with Gasteiger partial charge in [0.15, 0.2) is 9.93 Å². The Labute approximate surface area is 295 Å². The lowest BCUT2D eigenvalue weighted by atomic mass is 10.1. The Kier molecular flexibility index (Phi) is 20.1. The fraction of sp³-hybridized carbons (Fsp3) is 0.375. The van der Waals surface area contributed by atoms with Crippen LogP contribution in [-0.2, 0) is 51.0 Å². The summed E-state index contributed by atoms with van der Waals surface area (Å²) >= 11 is 12.0. The number of rotatable bonds is 16. The number of aromatic nitrogens is 4. The maximum atomic E-state index is 5.74. The van der Waals surface area contributed by atoms with Crippen LogP contribution >= 0.6 is 35.6 Å². The second kappa shape index (κ2) is 23.1. The van der Waals surface area contributed by atoms with Crippen LogP contribution in [0.25, 0.3) is 0 Å². The van der Waals surface area contributed by atoms with E-state index in [1.54, 1.807) is 85.3 Å². The molecule has 10 nitrogen and oxygen atoms in total. The van der Waals surface area contributed by atoms with E-state index in [4.69, 9.17) is 38.2 Å². The number of nitrogens with one attached hydrogen (secondary N) is 1. The van der Waals surface area contributed by atoms with Gasteiger partial charge in [-0.15, -0.1) is 11.6 Å². The molecule has 0 atom stereocenters. The van der Waals surface area contributed by atoms with E-state index in [-0.39, 0.29) is 0 Å². The van der Waals surface area contributed by atoms with Gasteiger partial charge in [-0.25, -0.2) is 15.0 Å². The van der Waals surface area contributed by atoms with Gasteiger partial charge in [-0.05, 0) is 59.4 Å². The quantitative estimate of drug-likeness (QED) is 0.0416. The summed E-state index contributed by atoms with van der Waals surface area (Å²) in [4.78, 5) is 14.9. The Morgan fingerprint density at radius 2 is 1.06 bits per heavy atom. The lowest BCUT2D eigenvalue weighted by Crippen LogP contribution is -2.43. The second-order valence-corrected chi connectivity index (χ2v) is 17.5. The summed E-state index contributed by atoms with van der Waals surface area (Å²) in [6.45, 7) is 0. The topological polar surface area (TPSA) is 110 Å². The lowest BCUT2D eigenvalue weighted by Gasteiger charge is -2.24. The Bertz CT molecular complexity index is 1400. The van der Waals surface area contributed by atoms with Crippen LogP contribution in [0, 0.1) is 4.77 Å². The molecular formula is C32H45ClN4O6S2Si2. The summed E-state index contributed by atoms with van der Waals surface area (Å²) in [6.07, 6.45) is 8.67. The number of halogens is 1. The van der Waals surface area contributed by atoms with Crippen molar-refractivity contribution >= 4 is 53.2 Å². The van der Waals surface area contributed by atoms with Crippen LogP contribution in [0.3, 0.4) is 0 Å². The highest BCUT2D eigenvalue weighted by atomic mass is 35.5. The SMILES string of the molecule is CO[Si](CCc1ccc(CCl)cc1)(OC)OC.CO[Si](CCc1ccc(CSc2ncccn2)cc1)(OC)OC.S=c1nccc[nH]1. The molecule has 0 aliphatic rings. The zero-order valence-corrected chi connectivity index (χ0v) is 32.2. The van der Waals surface area contributed by atoms with Crippen molar-refractivity contribution in [1.82, 2.24) is 19.9 Å². The molecule has 0 saturated carbocycles. The molecule has 1 N–H and O–H groups in total. The van der Waals surface area contributed by atoms with Gasteiger partial charge in [-0.1, -0.05) is 60.3 Å². The zero-order valence-electron chi connectivity index (χ0n) is 27.8. The number of aryl methyl sites for hydroxylation is 2. The number of H-pyrrole nitrogens is 1. The minimum Gasteiger partial charge on any atom is -0.377 e. The molecule has 256 valence electrons. The number of hydrogen-bond acceptors (Lipinski definition) is 11. The number of alkyl halides is 1. The van der Waals surface area contributed by atoms with Crippen molar-refractivity contribution in [3.63, 3.8) is 0 Å². The number of nitrogens with zero attached hydrogens (tertiary/aromatic N) is 3. The first kappa shape index (κ1) is 40.8. The lowest BCUT2D eigenvalue weighted by molar-refractivity contribution is 0.123. The predicted octanol–water partition coefficient (Wildman–Crippen LogP) is 7.17. The first-order valence-electron chi connectivity index (χ1n) is 14.7. The molecule has 0 aliphatic carbocycles. The molecule has 2 aromatic carbocycles. The Morgan fingerprint density at radius 1 is 0.638 bits per heavy atom. The number of thioether (sulfide) groups is 1. The summed E-state index contributed by atoms with van der Waals surface area (Å²) in [7, 11) is 4.89. The maximum Gasteiger partial charge on any atom is 0.500 e. The average molecular weight is 737 g/mol. The van der Waals surface area contributed by atoms with Gasteiger partial charge in [0.25, 0.3) is 0 Å². The molecule has 0 saturated heterocycles. The number of hydrogen-bond donors (Lipinski definition) is 1. The molecule has 0 amide bonds. The fourth-order valence-electron chi connectivity index (χ4n) is 4.12. The minimum absolute atomic E-state index is 0.530. The molecule has 15 heteroatoms. The summed E-state index contributed by atoms with van der Waals surface area (Å²) in [5, 5.41) is 0.799. The highest BCUT2D eigenvalue weighted by molar-refractivity contribution is 7.98. The minimum atomic E-state index is -2.49. The van der Waals surface area contributed by atoms with Crippen LogP contribution in [0.1, 0.15) is 22.3 Å². The van der Waals surface area contributed by atoms with E-state index in [0.717, 1.165) is 41.4 Å². The van der Waals surface area contributed by atoms with Crippen molar-refractivity contribution < 1.29 is 26.6 Å². The molecule has 0 aliphatic heterocycles. The molecule has 0 fully saturated rings. The monoisotopic (exact) mass is 736 g/mol. The van der Waals surface area contributed by atoms with E-state index in [9.17, 15) is 0 Å². The van der Waals surface area contributed by atoms with Gasteiger partial charge in [0.05, 0.1) is 0 Å². The second-order valence-electron chi connectivity index (χ2n) is 9.76. The number of benzene rings is 2. The molecule has 4 rings (SSSR count). The van der Waals surface area contributed by atoms with E-state index in [2.05, 4.69) is 68.6 Å². The molecule has 0 radical (unpaired) electrons. The summed E-state index contributed by atoms with van der Waals surface area (Å²) in [5.41, 5.74) is 4.86. The van der Waals surface area contributed by atoms with Gasteiger partial charge in [0, 0.05) is 91.2 Å². The summed E-state index contributed by atoms with van der Waals surface area (Å²) < 4.78 is 33.0. The van der Waals surface area contributed by atoms with Crippen LogP contribution in [-0.4, -0.2) is 80.2 Å². The van der Waals surface area contributed by atoms with Crippen molar-refractivity contribution in [2.24, 2.45) is 0 Å². The first-order valence-corrected chi connectivity index (χ1v) is 20.5. The first-order chi connectivity index (χ1) is 22.8. The van der Waals surface area contributed by atoms with Crippen LogP contribution < -0.4 is 0 Å². The zero-order chi connectivity index (χ0) is 34.4. The van der Waals surface area contributed by atoms with Crippen LogP contribution in [0.4, 0.5) is 0 Å². The third-order valence-corrected chi connectivity index (χ3v) is 13.9. The van der Waals surface area contributed by atoms with Gasteiger partial charge >= 0.3 is 17.6 Å². The standard InChI is InChI=1S/C16H22N2O3SSi.C12H19ClO3Si.C4H4N2S/c1-19-23(20-2,21-3)12-9-14-5-7-15(8-6-14)13-22-16-17-10-4-11-18-16;1-14-17(15-2,16-3)9-8-11-4-6-12(10-13)7-5-11;7-4-5-2-1-3-6-4/h4-8,10-11H,9,12-13H2,1-3H3;4-7H,8-10H2,1-3H3;1-3H,(H,5,6,7). The van der Waals surface area contributed by atoms with E-state index in [1.165, 1.54) is 16.7 Å². The van der Waals surface area contributed by atoms with Crippen LogP contribution in [0.2, 0.25) is 12.1 Å². The molecule has 2 aromatic heterocycles. The van der Waals surface area contributed by atoms with E-state index >= 15 is 0 Å². The maximum absolute atomic E-state index is 5.74. The van der Waals surface area contributed by atoms with Crippen molar-refractivity contribution in [2.45, 2.75) is 41.7 Å². The van der Waals surface area contributed by atoms with Gasteiger partial charge in [0.1, 0.15) is 0 Å². The fourth-order valence-corrected chi connectivity index (χ4v) is 8.60. The largest absolute Gasteiger partial charge is 0.500 e. The molecular weight excluding hydrogens is 692 g/mol. The third kappa shape index (κ3) is 15.2. The highest BCUT2D eigenvalue weighted by Crippen LogP contribution is 2.21. The summed E-state index contributed by atoms with van der Waals surface area (Å²) in [5.74, 6) is 1.41. The molecule has 0 spiro atoms. The van der Waals surface area contributed by atoms with Crippen molar-refractivity contribution in [1.29, 1.82) is 0 Å². The molecule has 47 heavy (non-hydrogen) atoms. The summed E-state index contributed by atoms with van der Waals surface area (Å²) in [6, 6.07) is 22.0. The van der Waals surface area contributed by atoms with E-state index < -0.39 is 17.6 Å². The Morgan fingerprint density at radius 3 is 1.43 bits per heavy atom. The Hall–Kier alpha value is -2.35. The van der Waals surface area contributed by atoms with E-state index in [1.807, 2.05) is 18.2 Å². The third-order valence-electron chi connectivity index (χ3n) is 7.00. The van der Waals surface area contributed by atoms with Crippen LogP contribution in [0.15, 0.2) is 90.6 Å². The van der Waals surface area contributed by atoms with Gasteiger partial charge in [-0.3, -0.25) is 0 Å². The van der Waals surface area contributed by atoms with Gasteiger partial charge < -0.3 is 31.5 Å². The Balaban J connectivity index is 0.000000279. The molecule has 4 aromatic rings. The van der Waals surface area contributed by atoms with Gasteiger partial charge in [-0.2, -0.15) is 0 Å². The smallest absolute Gasteiger partial charge is 0.377 e. The van der Waals surface area contributed by atoms with E-state index in [0.29, 0.717) is 10.7 Å². The molecule has 0 bridgehead atoms. The average Bonchev–Trinajstić information content (AvgIpc) is 3.14. The highest BCUT2D eigenvalue weighted by Gasteiger charge is 2.37. The number of aromatic amines is 1. The van der Waals surface area contributed by atoms with Gasteiger partial charge in [0.2, 0.25) is 0 Å². The molecule has 2 heterocycles. The normalized spacial score (nSPS) is 11.2. The van der Waals surface area contributed by atoms with Crippen molar-refractivity contribution in [3.05, 3.63) is 112 Å². The van der Waals surface area contributed by atoms with Crippen molar-refractivity contribution in [3.8, 4) is 0 Å². The predicted molar refractivity (Wildman–Crippen MR) is 194 cm³/mol.